The highest BCUT2D eigenvalue weighted by Gasteiger charge is 2.35. The number of anilines is 2. The largest absolute Gasteiger partial charge is 0.420 e. The van der Waals surface area contributed by atoms with Gasteiger partial charge in [-0.25, -0.2) is 0 Å². The third-order valence-corrected chi connectivity index (χ3v) is 1.77. The van der Waals surface area contributed by atoms with Crippen LogP contribution in [0.2, 0.25) is 0 Å². The topological polar surface area (TPSA) is 95.1 Å². The van der Waals surface area contributed by atoms with E-state index in [1.165, 1.54) is 0 Å². The van der Waals surface area contributed by atoms with Gasteiger partial charge in [-0.15, -0.1) is 0 Å². The molecule has 1 rings (SSSR count). The molecule has 4 nitrogen and oxygen atoms in total. The quantitative estimate of drug-likeness (QED) is 0.614. The number of nitrogens with two attached hydrogens (primary N) is 3. The number of alkyl halides is 3. The van der Waals surface area contributed by atoms with Gasteiger partial charge in [-0.2, -0.15) is 13.2 Å². The predicted octanol–water partition coefficient (Wildman–Crippen LogP) is 0.969. The molecule has 0 unspecified atom stereocenters. The van der Waals surface area contributed by atoms with Crippen LogP contribution in [0.5, 0.6) is 0 Å². The molecular weight excluding hydrogens is 211 g/mol. The minimum absolute atomic E-state index is 0.155. The van der Waals surface area contributed by atoms with E-state index in [1.807, 2.05) is 0 Å². The molecule has 0 aliphatic rings. The van der Waals surface area contributed by atoms with E-state index in [2.05, 4.69) is 0 Å². The number of carbonyl (C=O) groups excluding carboxylic acids is 1. The molecule has 15 heavy (non-hydrogen) atoms. The van der Waals surface area contributed by atoms with Crippen molar-refractivity contribution in [1.29, 1.82) is 0 Å². The summed E-state index contributed by atoms with van der Waals surface area (Å²) < 4.78 is 37.1. The molecule has 1 aromatic carbocycles. The average Bonchev–Trinajstić information content (AvgIpc) is 1.99. The molecule has 0 aliphatic carbocycles. The minimum atomic E-state index is -4.65. The normalized spacial score (nSPS) is 11.4. The number of hydrogen-bond donors (Lipinski definition) is 3. The van der Waals surface area contributed by atoms with E-state index in [0.717, 1.165) is 12.1 Å². The number of primary amides is 1. The monoisotopic (exact) mass is 219 g/mol. The van der Waals surface area contributed by atoms with E-state index >= 15 is 0 Å². The Morgan fingerprint density at radius 2 is 1.53 bits per heavy atom. The highest BCUT2D eigenvalue weighted by atomic mass is 19.4. The van der Waals surface area contributed by atoms with E-state index in [-0.39, 0.29) is 5.56 Å². The molecule has 1 aromatic rings. The summed E-state index contributed by atoms with van der Waals surface area (Å²) in [5.74, 6) is -0.887. The molecule has 1 amide bonds. The van der Waals surface area contributed by atoms with E-state index in [0.29, 0.717) is 0 Å². The van der Waals surface area contributed by atoms with Gasteiger partial charge in [0.25, 0.3) is 0 Å². The van der Waals surface area contributed by atoms with Crippen LogP contribution in [0.4, 0.5) is 24.5 Å². The Hall–Kier alpha value is -1.92. The Balaban J connectivity index is 3.41. The van der Waals surface area contributed by atoms with E-state index in [1.54, 1.807) is 0 Å². The number of benzene rings is 1. The van der Waals surface area contributed by atoms with E-state index in [9.17, 15) is 18.0 Å². The van der Waals surface area contributed by atoms with Crippen molar-refractivity contribution in [3.05, 3.63) is 23.3 Å². The van der Waals surface area contributed by atoms with Crippen molar-refractivity contribution in [2.24, 2.45) is 5.73 Å². The van der Waals surface area contributed by atoms with Gasteiger partial charge in [-0.3, -0.25) is 4.79 Å². The summed E-state index contributed by atoms with van der Waals surface area (Å²) in [4.78, 5) is 10.7. The average molecular weight is 219 g/mol. The molecular formula is C8H8F3N3O. The van der Waals surface area contributed by atoms with E-state index in [4.69, 9.17) is 17.2 Å². The maximum atomic E-state index is 12.4. The van der Waals surface area contributed by atoms with Crippen LogP contribution in [-0.4, -0.2) is 5.91 Å². The number of hydrogen-bond acceptors (Lipinski definition) is 3. The Morgan fingerprint density at radius 1 is 1.13 bits per heavy atom. The van der Waals surface area contributed by atoms with Gasteiger partial charge in [-0.1, -0.05) is 0 Å². The summed E-state index contributed by atoms with van der Waals surface area (Å²) in [6.45, 7) is 0. The summed E-state index contributed by atoms with van der Waals surface area (Å²) in [6, 6.07) is 1.70. The van der Waals surface area contributed by atoms with Crippen molar-refractivity contribution in [3.8, 4) is 0 Å². The van der Waals surface area contributed by atoms with Crippen LogP contribution in [0.3, 0.4) is 0 Å². The second kappa shape index (κ2) is 3.34. The van der Waals surface area contributed by atoms with Crippen LogP contribution in [0, 0.1) is 0 Å². The Labute approximate surface area is 82.8 Å². The highest BCUT2D eigenvalue weighted by Crippen LogP contribution is 2.38. The maximum absolute atomic E-state index is 12.4. The molecule has 0 bridgehead atoms. The van der Waals surface area contributed by atoms with Crippen molar-refractivity contribution in [2.45, 2.75) is 6.18 Å². The standard InChI is InChI=1S/C8H8F3N3O/c9-8(10,11)6-4(12)1-3(7(14)15)2-5(6)13/h1-2H,12-13H2,(H2,14,15). The Bertz CT molecular complexity index is 391. The van der Waals surface area contributed by atoms with Crippen LogP contribution in [0.1, 0.15) is 15.9 Å². The lowest BCUT2D eigenvalue weighted by molar-refractivity contribution is -0.136. The first kappa shape index (κ1) is 11.2. The number of rotatable bonds is 1. The SMILES string of the molecule is NC(=O)c1cc(N)c(C(F)(F)F)c(N)c1. The fourth-order valence-electron chi connectivity index (χ4n) is 1.16. The third-order valence-electron chi connectivity index (χ3n) is 1.77. The smallest absolute Gasteiger partial charge is 0.398 e. The molecule has 7 heteroatoms. The zero-order valence-electron chi connectivity index (χ0n) is 7.43. The molecule has 0 spiro atoms. The van der Waals surface area contributed by atoms with Gasteiger partial charge < -0.3 is 17.2 Å². The fourth-order valence-corrected chi connectivity index (χ4v) is 1.16. The zero-order chi connectivity index (χ0) is 11.8. The van der Waals surface area contributed by atoms with Crippen molar-refractivity contribution in [3.63, 3.8) is 0 Å². The predicted molar refractivity (Wildman–Crippen MR) is 48.8 cm³/mol. The first-order valence-corrected chi connectivity index (χ1v) is 3.79. The Kier molecular flexibility index (Phi) is 2.48. The summed E-state index contributed by atoms with van der Waals surface area (Å²) in [6.07, 6.45) is -4.65. The molecule has 0 fully saturated rings. The number of carbonyl (C=O) groups is 1. The van der Waals surface area contributed by atoms with Crippen LogP contribution in [0.25, 0.3) is 0 Å². The van der Waals surface area contributed by atoms with Crippen molar-refractivity contribution in [2.75, 3.05) is 11.5 Å². The number of nitrogen functional groups attached to an aromatic ring is 2. The molecule has 0 radical (unpaired) electrons. The zero-order valence-corrected chi connectivity index (χ0v) is 7.43. The maximum Gasteiger partial charge on any atom is 0.420 e. The second-order valence-electron chi connectivity index (χ2n) is 2.89. The Morgan fingerprint density at radius 3 is 1.80 bits per heavy atom. The van der Waals surface area contributed by atoms with Gasteiger partial charge in [0.15, 0.2) is 0 Å². The van der Waals surface area contributed by atoms with Gasteiger partial charge in [-0.05, 0) is 12.1 Å². The molecule has 6 N–H and O–H groups in total. The molecule has 0 heterocycles. The summed E-state index contributed by atoms with van der Waals surface area (Å²) >= 11 is 0. The minimum Gasteiger partial charge on any atom is -0.398 e. The van der Waals surface area contributed by atoms with Gasteiger partial charge in [0.2, 0.25) is 5.91 Å². The van der Waals surface area contributed by atoms with Gasteiger partial charge in [0, 0.05) is 16.9 Å². The molecule has 0 saturated carbocycles. The lowest BCUT2D eigenvalue weighted by Gasteiger charge is -2.13. The van der Waals surface area contributed by atoms with Gasteiger partial charge in [0.05, 0.1) is 0 Å². The van der Waals surface area contributed by atoms with Crippen molar-refractivity contribution in [1.82, 2.24) is 0 Å². The van der Waals surface area contributed by atoms with Gasteiger partial charge in [0.1, 0.15) is 5.56 Å². The second-order valence-corrected chi connectivity index (χ2v) is 2.89. The molecule has 0 aliphatic heterocycles. The highest BCUT2D eigenvalue weighted by molar-refractivity contribution is 5.95. The number of halogens is 3. The molecule has 0 aromatic heterocycles. The number of amides is 1. The van der Waals surface area contributed by atoms with Crippen molar-refractivity contribution >= 4 is 17.3 Å². The van der Waals surface area contributed by atoms with E-state index < -0.39 is 29.0 Å². The van der Waals surface area contributed by atoms with Crippen LogP contribution in [0.15, 0.2) is 12.1 Å². The van der Waals surface area contributed by atoms with Crippen LogP contribution < -0.4 is 17.2 Å². The molecule has 0 atom stereocenters. The summed E-state index contributed by atoms with van der Waals surface area (Å²) in [5, 5.41) is 0. The first-order valence-electron chi connectivity index (χ1n) is 3.79. The molecule has 82 valence electrons. The van der Waals surface area contributed by atoms with Gasteiger partial charge >= 0.3 is 6.18 Å². The lowest BCUT2D eigenvalue weighted by atomic mass is 10.1. The van der Waals surface area contributed by atoms with Crippen LogP contribution >= 0.6 is 0 Å². The molecule has 0 saturated heterocycles. The fraction of sp³-hybridized carbons (Fsp3) is 0.125. The van der Waals surface area contributed by atoms with Crippen molar-refractivity contribution < 1.29 is 18.0 Å². The first-order chi connectivity index (χ1) is 6.73. The summed E-state index contributed by atoms with van der Waals surface area (Å²) in [7, 11) is 0. The van der Waals surface area contributed by atoms with Crippen LogP contribution in [-0.2, 0) is 6.18 Å². The lowest BCUT2D eigenvalue weighted by Crippen LogP contribution is -2.16. The summed E-state index contributed by atoms with van der Waals surface area (Å²) in [5.41, 5.74) is 12.6. The third kappa shape index (κ3) is 2.12.